The predicted molar refractivity (Wildman–Crippen MR) is 80.8 cm³/mol. The summed E-state index contributed by atoms with van der Waals surface area (Å²) in [4.78, 5) is 14.1. The lowest BCUT2D eigenvalue weighted by atomic mass is 10.1. The molecule has 0 spiro atoms. The topological polar surface area (TPSA) is 78.9 Å². The fraction of sp³-hybridized carbons (Fsp3) is 0.500. The smallest absolute Gasteiger partial charge is 0.254 e. The Labute approximate surface area is 125 Å². The molecule has 1 aromatic rings. The first kappa shape index (κ1) is 16.0. The lowest BCUT2D eigenvalue weighted by molar-refractivity contribution is 0.0741. The first-order valence-electron chi connectivity index (χ1n) is 5.93. The molecule has 0 atom stereocenters. The van der Waals surface area contributed by atoms with Crippen LogP contribution in [0.2, 0.25) is 0 Å². The highest BCUT2D eigenvalue weighted by molar-refractivity contribution is 9.11. The van der Waals surface area contributed by atoms with E-state index in [9.17, 15) is 4.79 Å². The average molecular weight is 348 g/mol. The molecule has 0 aliphatic heterocycles. The summed E-state index contributed by atoms with van der Waals surface area (Å²) in [5.41, 5.74) is 6.12. The van der Waals surface area contributed by atoms with Gasteiger partial charge in [0.15, 0.2) is 0 Å². The van der Waals surface area contributed by atoms with Crippen LogP contribution in [0, 0.1) is 5.92 Å². The normalized spacial score (nSPS) is 11.9. The molecule has 1 amide bonds. The molecule has 3 N–H and O–H groups in total. The lowest BCUT2D eigenvalue weighted by Crippen LogP contribution is -2.36. The molecule has 5 nitrogen and oxygen atoms in total. The number of thiophene rings is 1. The van der Waals surface area contributed by atoms with E-state index < -0.39 is 0 Å². The second-order valence-corrected chi connectivity index (χ2v) is 6.92. The van der Waals surface area contributed by atoms with Gasteiger partial charge in [0.2, 0.25) is 0 Å². The lowest BCUT2D eigenvalue weighted by Gasteiger charge is -2.24. The highest BCUT2D eigenvalue weighted by Gasteiger charge is 2.18. The number of amidine groups is 1. The fourth-order valence-corrected chi connectivity index (χ4v) is 2.75. The van der Waals surface area contributed by atoms with Crippen molar-refractivity contribution in [3.05, 3.63) is 20.8 Å². The highest BCUT2D eigenvalue weighted by Crippen LogP contribution is 2.22. The SMILES string of the molecule is CC(C)CN(CCC(N)=NO)C(=O)c1csc(Br)c1. The monoisotopic (exact) mass is 347 g/mol. The molecule has 106 valence electrons. The first-order chi connectivity index (χ1) is 8.93. The fourth-order valence-electron chi connectivity index (χ4n) is 1.62. The molecule has 0 aromatic carbocycles. The Morgan fingerprint density at radius 2 is 2.32 bits per heavy atom. The van der Waals surface area contributed by atoms with Gasteiger partial charge in [-0.2, -0.15) is 0 Å². The third-order valence-electron chi connectivity index (χ3n) is 2.45. The predicted octanol–water partition coefficient (Wildman–Crippen LogP) is 2.75. The molecule has 0 saturated heterocycles. The minimum Gasteiger partial charge on any atom is -0.409 e. The van der Waals surface area contributed by atoms with Crippen molar-refractivity contribution < 1.29 is 10.0 Å². The van der Waals surface area contributed by atoms with E-state index in [1.54, 1.807) is 4.90 Å². The van der Waals surface area contributed by atoms with Crippen LogP contribution in [0.25, 0.3) is 0 Å². The number of hydrogen-bond acceptors (Lipinski definition) is 4. The minimum absolute atomic E-state index is 0.0265. The summed E-state index contributed by atoms with van der Waals surface area (Å²) in [6.07, 6.45) is 0.361. The van der Waals surface area contributed by atoms with Gasteiger partial charge >= 0.3 is 0 Å². The summed E-state index contributed by atoms with van der Waals surface area (Å²) in [6.45, 7) is 5.19. The number of halogens is 1. The van der Waals surface area contributed by atoms with Gasteiger partial charge in [-0.05, 0) is 27.9 Å². The molecule has 0 radical (unpaired) electrons. The van der Waals surface area contributed by atoms with E-state index in [0.717, 1.165) is 3.79 Å². The summed E-state index contributed by atoms with van der Waals surface area (Å²) < 4.78 is 0.928. The van der Waals surface area contributed by atoms with E-state index in [1.165, 1.54) is 11.3 Å². The van der Waals surface area contributed by atoms with E-state index in [2.05, 4.69) is 21.1 Å². The Morgan fingerprint density at radius 3 is 2.79 bits per heavy atom. The number of carbonyl (C=O) groups is 1. The van der Waals surface area contributed by atoms with Gasteiger partial charge in [0.25, 0.3) is 5.91 Å². The molecule has 0 fully saturated rings. The quantitative estimate of drug-likeness (QED) is 0.359. The van der Waals surface area contributed by atoms with Crippen molar-refractivity contribution in [3.8, 4) is 0 Å². The number of nitrogens with two attached hydrogens (primary N) is 1. The van der Waals surface area contributed by atoms with Gasteiger partial charge in [0, 0.05) is 24.9 Å². The number of oxime groups is 1. The van der Waals surface area contributed by atoms with E-state index in [-0.39, 0.29) is 11.7 Å². The van der Waals surface area contributed by atoms with Crippen molar-refractivity contribution >= 4 is 39.0 Å². The molecule has 1 rings (SSSR count). The number of rotatable bonds is 6. The average Bonchev–Trinajstić information content (AvgIpc) is 2.79. The summed E-state index contributed by atoms with van der Waals surface area (Å²) >= 11 is 4.83. The maximum atomic E-state index is 12.4. The Morgan fingerprint density at radius 1 is 1.63 bits per heavy atom. The maximum absolute atomic E-state index is 12.4. The van der Waals surface area contributed by atoms with Crippen LogP contribution in [0.4, 0.5) is 0 Å². The summed E-state index contributed by atoms with van der Waals surface area (Å²) in [7, 11) is 0. The van der Waals surface area contributed by atoms with Crippen LogP contribution in [0.3, 0.4) is 0 Å². The van der Waals surface area contributed by atoms with Gasteiger partial charge in [0.1, 0.15) is 5.84 Å². The number of amides is 1. The molecular formula is C12H18BrN3O2S. The van der Waals surface area contributed by atoms with Crippen LogP contribution >= 0.6 is 27.3 Å². The third kappa shape index (κ3) is 5.20. The molecule has 0 bridgehead atoms. The molecule has 1 heterocycles. The molecule has 1 aromatic heterocycles. The minimum atomic E-state index is -0.0265. The maximum Gasteiger partial charge on any atom is 0.254 e. The van der Waals surface area contributed by atoms with Crippen molar-refractivity contribution in [1.82, 2.24) is 4.90 Å². The van der Waals surface area contributed by atoms with Crippen LogP contribution in [-0.4, -0.2) is 34.9 Å². The number of hydrogen-bond donors (Lipinski definition) is 2. The van der Waals surface area contributed by atoms with E-state index in [0.29, 0.717) is 31.0 Å². The zero-order valence-electron chi connectivity index (χ0n) is 11.0. The van der Waals surface area contributed by atoms with Gasteiger partial charge in [-0.15, -0.1) is 11.3 Å². The molecule has 0 saturated carbocycles. The zero-order chi connectivity index (χ0) is 14.4. The number of nitrogens with zero attached hydrogens (tertiary/aromatic N) is 2. The van der Waals surface area contributed by atoms with Crippen molar-refractivity contribution in [1.29, 1.82) is 0 Å². The molecule has 0 unspecified atom stereocenters. The second-order valence-electron chi connectivity index (χ2n) is 4.63. The second kappa shape index (κ2) is 7.49. The molecule has 19 heavy (non-hydrogen) atoms. The van der Waals surface area contributed by atoms with Crippen LogP contribution in [0.15, 0.2) is 20.4 Å². The summed E-state index contributed by atoms with van der Waals surface area (Å²) in [5.74, 6) is 0.466. The Hall–Kier alpha value is -1.08. The van der Waals surface area contributed by atoms with Crippen molar-refractivity contribution in [2.45, 2.75) is 20.3 Å². The van der Waals surface area contributed by atoms with Crippen LogP contribution < -0.4 is 5.73 Å². The molecular weight excluding hydrogens is 330 g/mol. The summed E-state index contributed by atoms with van der Waals surface area (Å²) in [6, 6.07) is 1.81. The van der Waals surface area contributed by atoms with Gasteiger partial charge in [-0.3, -0.25) is 4.79 Å². The van der Waals surface area contributed by atoms with E-state index in [4.69, 9.17) is 10.9 Å². The molecule has 7 heteroatoms. The van der Waals surface area contributed by atoms with Gasteiger partial charge in [-0.25, -0.2) is 0 Å². The van der Waals surface area contributed by atoms with E-state index in [1.807, 2.05) is 25.3 Å². The van der Waals surface area contributed by atoms with Gasteiger partial charge in [-0.1, -0.05) is 19.0 Å². The van der Waals surface area contributed by atoms with E-state index >= 15 is 0 Å². The van der Waals surface area contributed by atoms with Gasteiger partial charge < -0.3 is 15.8 Å². The standard InChI is InChI=1S/C12H18BrN3O2S/c1-8(2)6-16(4-3-11(14)15-18)12(17)9-5-10(13)19-7-9/h5,7-8,18H,3-4,6H2,1-2H3,(H2,14,15). The zero-order valence-corrected chi connectivity index (χ0v) is 13.4. The van der Waals surface area contributed by atoms with Crippen LogP contribution in [-0.2, 0) is 0 Å². The first-order valence-corrected chi connectivity index (χ1v) is 7.61. The Bertz CT molecular complexity index is 460. The van der Waals surface area contributed by atoms with Crippen LogP contribution in [0.1, 0.15) is 30.6 Å². The van der Waals surface area contributed by atoms with Crippen molar-refractivity contribution in [2.75, 3.05) is 13.1 Å². The molecule has 0 aliphatic carbocycles. The van der Waals surface area contributed by atoms with Crippen molar-refractivity contribution in [3.63, 3.8) is 0 Å². The summed E-state index contributed by atoms with van der Waals surface area (Å²) in [5, 5.41) is 13.3. The van der Waals surface area contributed by atoms with Gasteiger partial charge in [0.05, 0.1) is 9.35 Å². The van der Waals surface area contributed by atoms with Crippen molar-refractivity contribution in [2.24, 2.45) is 16.8 Å². The third-order valence-corrected chi connectivity index (χ3v) is 3.96. The van der Waals surface area contributed by atoms with Crippen LogP contribution in [0.5, 0.6) is 0 Å². The molecule has 0 aliphatic rings. The highest BCUT2D eigenvalue weighted by atomic mass is 79.9. The largest absolute Gasteiger partial charge is 0.409 e. The Kier molecular flexibility index (Phi) is 6.30. The number of carbonyl (C=O) groups excluding carboxylic acids is 1. The Balaban J connectivity index is 2.75.